The molecule has 8 nitrogen and oxygen atoms in total. The Kier molecular flexibility index (Phi) is 5.73. The topological polar surface area (TPSA) is 89.7 Å². The largest absolute Gasteiger partial charge is 0.497 e. The zero-order valence-electron chi connectivity index (χ0n) is 18.8. The average Bonchev–Trinajstić information content (AvgIpc) is 3.25. The van der Waals surface area contributed by atoms with Crippen molar-refractivity contribution in [2.24, 2.45) is 0 Å². The molecule has 0 spiro atoms. The molecule has 1 N–H and O–H groups in total. The Balaban J connectivity index is 1.51. The van der Waals surface area contributed by atoms with Crippen LogP contribution in [-0.4, -0.2) is 43.2 Å². The van der Waals surface area contributed by atoms with Crippen molar-refractivity contribution in [1.82, 2.24) is 15.3 Å². The summed E-state index contributed by atoms with van der Waals surface area (Å²) in [7, 11) is 3.20. The fourth-order valence-electron chi connectivity index (χ4n) is 4.27. The van der Waals surface area contributed by atoms with Crippen molar-refractivity contribution in [2.45, 2.75) is 25.8 Å². The van der Waals surface area contributed by atoms with Crippen LogP contribution in [0.25, 0.3) is 22.1 Å². The minimum absolute atomic E-state index is 0.122. The van der Waals surface area contributed by atoms with E-state index in [1.165, 1.54) is 6.42 Å². The lowest BCUT2D eigenvalue weighted by molar-refractivity contribution is 0.0940. The maximum atomic E-state index is 13.2. The molecule has 5 rings (SSSR count). The number of nitrogens with zero attached hydrogens (tertiary/aromatic N) is 3. The molecule has 2 aromatic heterocycles. The number of piperidine rings is 1. The monoisotopic (exact) mass is 446 g/mol. The summed E-state index contributed by atoms with van der Waals surface area (Å²) in [5, 5.41) is 3.80. The summed E-state index contributed by atoms with van der Waals surface area (Å²) in [5.74, 6) is 1.80. The van der Waals surface area contributed by atoms with Gasteiger partial charge in [-0.15, -0.1) is 0 Å². The summed E-state index contributed by atoms with van der Waals surface area (Å²) in [6.07, 6.45) is 3.37. The second-order valence-corrected chi connectivity index (χ2v) is 8.05. The van der Waals surface area contributed by atoms with Gasteiger partial charge in [-0.1, -0.05) is 12.1 Å². The molecule has 0 bridgehead atoms. The number of fused-ring (bicyclic) bond motifs is 3. The van der Waals surface area contributed by atoms with Gasteiger partial charge in [-0.25, -0.2) is 9.97 Å². The summed E-state index contributed by atoms with van der Waals surface area (Å²) in [6.45, 7) is 2.02. The SMILES string of the molecule is COc1ccc(OC)c(CNC(=O)c2nc(N3CCCCC3)c3oc4ccccc4c3n2)c1. The number of aromatic nitrogens is 2. The van der Waals surface area contributed by atoms with Crippen LogP contribution in [0.1, 0.15) is 35.4 Å². The van der Waals surface area contributed by atoms with Gasteiger partial charge in [0.15, 0.2) is 11.4 Å². The van der Waals surface area contributed by atoms with Gasteiger partial charge < -0.3 is 24.1 Å². The second kappa shape index (κ2) is 8.97. The van der Waals surface area contributed by atoms with Gasteiger partial charge in [0, 0.05) is 30.6 Å². The Morgan fingerprint density at radius 3 is 2.67 bits per heavy atom. The van der Waals surface area contributed by atoms with E-state index in [4.69, 9.17) is 13.9 Å². The molecule has 0 saturated carbocycles. The van der Waals surface area contributed by atoms with Crippen LogP contribution in [0.15, 0.2) is 46.9 Å². The highest BCUT2D eigenvalue weighted by Gasteiger charge is 2.24. The number of hydrogen-bond acceptors (Lipinski definition) is 7. The molecule has 170 valence electrons. The van der Waals surface area contributed by atoms with Crippen LogP contribution in [0.4, 0.5) is 5.82 Å². The van der Waals surface area contributed by atoms with Crippen LogP contribution >= 0.6 is 0 Å². The second-order valence-electron chi connectivity index (χ2n) is 8.05. The zero-order valence-corrected chi connectivity index (χ0v) is 18.8. The quantitative estimate of drug-likeness (QED) is 0.472. The fourth-order valence-corrected chi connectivity index (χ4v) is 4.27. The Morgan fingerprint density at radius 1 is 1.06 bits per heavy atom. The lowest BCUT2D eigenvalue weighted by Crippen LogP contribution is -2.32. The molecule has 1 aliphatic rings. The molecule has 33 heavy (non-hydrogen) atoms. The van der Waals surface area contributed by atoms with Gasteiger partial charge in [-0.05, 0) is 49.6 Å². The number of hydrogen-bond donors (Lipinski definition) is 1. The van der Waals surface area contributed by atoms with E-state index in [9.17, 15) is 4.79 Å². The number of rotatable bonds is 6. The highest BCUT2D eigenvalue weighted by molar-refractivity contribution is 6.07. The third-order valence-corrected chi connectivity index (χ3v) is 5.99. The summed E-state index contributed by atoms with van der Waals surface area (Å²) < 4.78 is 16.8. The van der Waals surface area contributed by atoms with E-state index < -0.39 is 0 Å². The minimum Gasteiger partial charge on any atom is -0.497 e. The van der Waals surface area contributed by atoms with E-state index >= 15 is 0 Å². The van der Waals surface area contributed by atoms with Crippen LogP contribution < -0.4 is 19.7 Å². The smallest absolute Gasteiger partial charge is 0.289 e. The maximum Gasteiger partial charge on any atom is 0.289 e. The molecule has 0 radical (unpaired) electrons. The van der Waals surface area contributed by atoms with Crippen molar-refractivity contribution in [3.63, 3.8) is 0 Å². The molecule has 1 aliphatic heterocycles. The average molecular weight is 447 g/mol. The van der Waals surface area contributed by atoms with Gasteiger partial charge in [-0.3, -0.25) is 4.79 Å². The van der Waals surface area contributed by atoms with Gasteiger partial charge >= 0.3 is 0 Å². The number of benzene rings is 2. The molecular formula is C25H26N4O4. The molecule has 4 aromatic rings. The molecule has 1 amide bonds. The van der Waals surface area contributed by atoms with Gasteiger partial charge in [0.1, 0.15) is 22.6 Å². The van der Waals surface area contributed by atoms with Gasteiger partial charge in [0.25, 0.3) is 5.91 Å². The summed E-state index contributed by atoms with van der Waals surface area (Å²) in [6, 6.07) is 13.2. The molecular weight excluding hydrogens is 420 g/mol. The molecule has 1 fully saturated rings. The first-order valence-corrected chi connectivity index (χ1v) is 11.1. The summed E-state index contributed by atoms with van der Waals surface area (Å²) in [5.41, 5.74) is 2.82. The van der Waals surface area contributed by atoms with E-state index in [1.807, 2.05) is 42.5 Å². The van der Waals surface area contributed by atoms with Crippen molar-refractivity contribution >= 4 is 33.8 Å². The predicted molar refractivity (Wildman–Crippen MR) is 126 cm³/mol. The predicted octanol–water partition coefficient (Wildman–Crippen LogP) is 4.31. The van der Waals surface area contributed by atoms with E-state index in [2.05, 4.69) is 20.2 Å². The highest BCUT2D eigenvalue weighted by Crippen LogP contribution is 2.34. The summed E-state index contributed by atoms with van der Waals surface area (Å²) in [4.78, 5) is 24.6. The van der Waals surface area contributed by atoms with Crippen molar-refractivity contribution < 1.29 is 18.7 Å². The van der Waals surface area contributed by atoms with Crippen molar-refractivity contribution in [2.75, 3.05) is 32.2 Å². The highest BCUT2D eigenvalue weighted by atomic mass is 16.5. The first-order valence-electron chi connectivity index (χ1n) is 11.1. The van der Waals surface area contributed by atoms with Crippen LogP contribution in [0.2, 0.25) is 0 Å². The number of furan rings is 1. The fraction of sp³-hybridized carbons (Fsp3) is 0.320. The normalized spacial score (nSPS) is 13.9. The van der Waals surface area contributed by atoms with E-state index in [1.54, 1.807) is 14.2 Å². The number of amides is 1. The number of nitrogens with one attached hydrogen (secondary N) is 1. The number of methoxy groups -OCH3 is 2. The number of anilines is 1. The van der Waals surface area contributed by atoms with Crippen molar-refractivity contribution in [1.29, 1.82) is 0 Å². The number of carbonyl (C=O) groups excluding carboxylic acids is 1. The standard InChI is InChI=1S/C25H26N4O4/c1-31-17-10-11-19(32-2)16(14-17)15-26-25(30)23-27-21-18-8-4-5-9-20(18)33-22(21)24(28-23)29-12-6-3-7-13-29/h4-5,8-11,14H,3,6-7,12-13,15H2,1-2H3,(H,26,30). The van der Waals surface area contributed by atoms with E-state index in [0.717, 1.165) is 42.5 Å². The van der Waals surface area contributed by atoms with Crippen LogP contribution in [0.3, 0.4) is 0 Å². The van der Waals surface area contributed by atoms with Crippen molar-refractivity contribution in [3.8, 4) is 11.5 Å². The third-order valence-electron chi connectivity index (χ3n) is 5.99. The Bertz CT molecular complexity index is 1310. The number of ether oxygens (including phenoxy) is 2. The lowest BCUT2D eigenvalue weighted by atomic mass is 10.1. The van der Waals surface area contributed by atoms with Crippen LogP contribution in [-0.2, 0) is 6.54 Å². The van der Waals surface area contributed by atoms with E-state index in [0.29, 0.717) is 28.4 Å². The Labute approximate surface area is 191 Å². The Morgan fingerprint density at radius 2 is 1.88 bits per heavy atom. The van der Waals surface area contributed by atoms with Crippen LogP contribution in [0.5, 0.6) is 11.5 Å². The van der Waals surface area contributed by atoms with Gasteiger partial charge in [0.2, 0.25) is 5.82 Å². The third kappa shape index (κ3) is 4.04. The molecule has 2 aromatic carbocycles. The number of para-hydroxylation sites is 1. The zero-order chi connectivity index (χ0) is 22.8. The van der Waals surface area contributed by atoms with Crippen LogP contribution in [0, 0.1) is 0 Å². The first-order chi connectivity index (χ1) is 16.2. The number of carbonyl (C=O) groups is 1. The molecule has 0 atom stereocenters. The molecule has 0 unspecified atom stereocenters. The molecule has 1 saturated heterocycles. The maximum absolute atomic E-state index is 13.2. The van der Waals surface area contributed by atoms with Gasteiger partial charge in [0.05, 0.1) is 14.2 Å². The summed E-state index contributed by atoms with van der Waals surface area (Å²) >= 11 is 0. The molecule has 8 heteroatoms. The Hall–Kier alpha value is -3.81. The van der Waals surface area contributed by atoms with Crippen molar-refractivity contribution in [3.05, 3.63) is 53.9 Å². The molecule has 0 aliphatic carbocycles. The van der Waals surface area contributed by atoms with Gasteiger partial charge in [-0.2, -0.15) is 0 Å². The molecule has 3 heterocycles. The lowest BCUT2D eigenvalue weighted by Gasteiger charge is -2.27. The van der Waals surface area contributed by atoms with E-state index in [-0.39, 0.29) is 18.3 Å². The first kappa shape index (κ1) is 21.1. The minimum atomic E-state index is -0.356.